The van der Waals surface area contributed by atoms with Crippen LogP contribution in [0.5, 0.6) is 0 Å². The Morgan fingerprint density at radius 3 is 2.61 bits per heavy atom. The molecule has 2 amide bonds. The Labute approximate surface area is 193 Å². The zero-order chi connectivity index (χ0) is 22.5. The van der Waals surface area contributed by atoms with E-state index in [1.165, 1.54) is 23.4 Å². The molecule has 0 bridgehead atoms. The number of carbonyl (C=O) groups excluding carboxylic acids is 2. The molecule has 0 aliphatic rings. The minimum Gasteiger partial charge on any atom is -0.349 e. The molecule has 8 nitrogen and oxygen atoms in total. The fourth-order valence-electron chi connectivity index (χ4n) is 2.81. The number of anilines is 1. The predicted molar refractivity (Wildman–Crippen MR) is 122 cm³/mol. The van der Waals surface area contributed by atoms with Crippen molar-refractivity contribution < 1.29 is 9.59 Å². The first-order valence-corrected chi connectivity index (χ1v) is 11.0. The van der Waals surface area contributed by atoms with Crippen molar-refractivity contribution in [3.8, 4) is 5.69 Å². The van der Waals surface area contributed by atoms with Crippen molar-refractivity contribution >= 4 is 52.5 Å². The molecule has 2 atom stereocenters. The van der Waals surface area contributed by atoms with E-state index in [1.807, 2.05) is 6.92 Å². The quantitative estimate of drug-likeness (QED) is 0.491. The maximum absolute atomic E-state index is 12.7. The summed E-state index contributed by atoms with van der Waals surface area (Å²) < 4.78 is 1.51. The van der Waals surface area contributed by atoms with Gasteiger partial charge in [0.25, 0.3) is 0 Å². The van der Waals surface area contributed by atoms with E-state index in [-0.39, 0.29) is 17.9 Å². The Bertz CT molecular complexity index is 1110. The summed E-state index contributed by atoms with van der Waals surface area (Å²) >= 11 is 13.4. The molecule has 2 N–H and O–H groups in total. The molecule has 0 spiro atoms. The third kappa shape index (κ3) is 5.96. The lowest BCUT2D eigenvalue weighted by molar-refractivity contribution is -0.121. The molecular formula is C20H20Cl2N6O2S. The number of carbonyl (C=O) groups is 2. The van der Waals surface area contributed by atoms with Crippen LogP contribution in [-0.2, 0) is 9.59 Å². The lowest BCUT2D eigenvalue weighted by Crippen LogP contribution is -2.33. The average Bonchev–Trinajstić information content (AvgIpc) is 3.15. The number of nitrogens with one attached hydrogen (secondary N) is 2. The number of tetrazole rings is 1. The van der Waals surface area contributed by atoms with E-state index in [9.17, 15) is 9.59 Å². The van der Waals surface area contributed by atoms with Crippen molar-refractivity contribution in [2.24, 2.45) is 0 Å². The number of hydrogen-bond acceptors (Lipinski definition) is 6. The summed E-state index contributed by atoms with van der Waals surface area (Å²) in [6.45, 7) is 5.05. The second-order valence-electron chi connectivity index (χ2n) is 6.76. The van der Waals surface area contributed by atoms with E-state index in [2.05, 4.69) is 26.2 Å². The van der Waals surface area contributed by atoms with Crippen LogP contribution in [0.2, 0.25) is 10.0 Å². The van der Waals surface area contributed by atoms with Crippen LogP contribution < -0.4 is 10.6 Å². The molecule has 0 saturated carbocycles. The molecule has 0 aliphatic heterocycles. The monoisotopic (exact) mass is 478 g/mol. The molecule has 0 radical (unpaired) electrons. The highest BCUT2D eigenvalue weighted by molar-refractivity contribution is 8.00. The number of nitrogens with zero attached hydrogens (tertiary/aromatic N) is 4. The molecule has 0 fully saturated rings. The number of hydrogen-bond donors (Lipinski definition) is 2. The SMILES string of the molecule is CC(=O)Nc1cccc(-n2nnnc2SC(C)C(=O)NC(C)c2ccc(Cl)cc2Cl)c1. The maximum Gasteiger partial charge on any atom is 0.233 e. The number of halogens is 2. The van der Waals surface area contributed by atoms with Gasteiger partial charge in [0.2, 0.25) is 17.0 Å². The third-order valence-corrected chi connectivity index (χ3v) is 5.89. The first-order valence-electron chi connectivity index (χ1n) is 9.33. The van der Waals surface area contributed by atoms with Gasteiger partial charge in [-0.2, -0.15) is 4.68 Å². The van der Waals surface area contributed by atoms with Crippen molar-refractivity contribution in [2.45, 2.75) is 37.2 Å². The minimum atomic E-state index is -0.475. The number of thioether (sulfide) groups is 1. The van der Waals surface area contributed by atoms with E-state index >= 15 is 0 Å². The van der Waals surface area contributed by atoms with Crippen LogP contribution in [0.15, 0.2) is 47.6 Å². The van der Waals surface area contributed by atoms with Crippen molar-refractivity contribution in [3.63, 3.8) is 0 Å². The van der Waals surface area contributed by atoms with Gasteiger partial charge in [0.05, 0.1) is 17.0 Å². The van der Waals surface area contributed by atoms with Crippen LogP contribution in [0.25, 0.3) is 5.69 Å². The Hall–Kier alpha value is -2.62. The molecule has 0 saturated heterocycles. The van der Waals surface area contributed by atoms with Crippen LogP contribution in [0.3, 0.4) is 0 Å². The van der Waals surface area contributed by atoms with Crippen LogP contribution in [-0.4, -0.2) is 37.3 Å². The van der Waals surface area contributed by atoms with Crippen LogP contribution in [0.4, 0.5) is 5.69 Å². The Kier molecular flexibility index (Phi) is 7.53. The van der Waals surface area contributed by atoms with Crippen LogP contribution in [0.1, 0.15) is 32.4 Å². The Morgan fingerprint density at radius 2 is 1.90 bits per heavy atom. The van der Waals surface area contributed by atoms with Gasteiger partial charge in [-0.3, -0.25) is 9.59 Å². The predicted octanol–water partition coefficient (Wildman–Crippen LogP) is 4.29. The topological polar surface area (TPSA) is 102 Å². The van der Waals surface area contributed by atoms with Gasteiger partial charge in [0.15, 0.2) is 0 Å². The van der Waals surface area contributed by atoms with Gasteiger partial charge in [-0.1, -0.05) is 47.1 Å². The highest BCUT2D eigenvalue weighted by Crippen LogP contribution is 2.28. The minimum absolute atomic E-state index is 0.177. The average molecular weight is 479 g/mol. The Balaban J connectivity index is 1.70. The van der Waals surface area contributed by atoms with E-state index < -0.39 is 5.25 Å². The lowest BCUT2D eigenvalue weighted by atomic mass is 10.1. The third-order valence-electron chi connectivity index (χ3n) is 4.29. The van der Waals surface area contributed by atoms with E-state index in [1.54, 1.807) is 49.4 Å². The molecule has 2 unspecified atom stereocenters. The summed E-state index contributed by atoms with van der Waals surface area (Å²) in [7, 11) is 0. The molecule has 31 heavy (non-hydrogen) atoms. The molecule has 2 aromatic carbocycles. The molecular weight excluding hydrogens is 459 g/mol. The summed E-state index contributed by atoms with van der Waals surface area (Å²) in [5, 5.41) is 18.4. The van der Waals surface area contributed by atoms with Crippen LogP contribution in [0, 0.1) is 0 Å². The molecule has 11 heteroatoms. The van der Waals surface area contributed by atoms with E-state index in [4.69, 9.17) is 23.2 Å². The summed E-state index contributed by atoms with van der Waals surface area (Å²) in [5.74, 6) is -0.367. The molecule has 0 aliphatic carbocycles. The lowest BCUT2D eigenvalue weighted by Gasteiger charge is -2.18. The molecule has 1 aromatic heterocycles. The van der Waals surface area contributed by atoms with Gasteiger partial charge in [-0.15, -0.1) is 5.10 Å². The van der Waals surface area contributed by atoms with Crippen molar-refractivity contribution in [3.05, 3.63) is 58.1 Å². The van der Waals surface area contributed by atoms with Crippen molar-refractivity contribution in [2.75, 3.05) is 5.32 Å². The van der Waals surface area contributed by atoms with Gasteiger partial charge in [-0.05, 0) is 60.2 Å². The van der Waals surface area contributed by atoms with Crippen LogP contribution >= 0.6 is 35.0 Å². The highest BCUT2D eigenvalue weighted by Gasteiger charge is 2.22. The molecule has 3 aromatic rings. The number of amides is 2. The first-order chi connectivity index (χ1) is 14.7. The van der Waals surface area contributed by atoms with E-state index in [0.29, 0.717) is 26.6 Å². The van der Waals surface area contributed by atoms with Gasteiger partial charge >= 0.3 is 0 Å². The number of aromatic nitrogens is 4. The molecule has 162 valence electrons. The summed E-state index contributed by atoms with van der Waals surface area (Å²) in [4.78, 5) is 24.0. The standard InChI is InChI=1S/C20H20Cl2N6O2S/c1-11(17-8-7-14(21)9-18(17)22)23-19(30)12(2)31-20-25-26-27-28(20)16-6-4-5-15(10-16)24-13(3)29/h4-12H,1-3H3,(H,23,30)(H,24,29). The highest BCUT2D eigenvalue weighted by atomic mass is 35.5. The molecule has 3 rings (SSSR count). The Morgan fingerprint density at radius 1 is 1.13 bits per heavy atom. The van der Waals surface area contributed by atoms with Gasteiger partial charge in [-0.25, -0.2) is 0 Å². The summed E-state index contributed by atoms with van der Waals surface area (Å²) in [6.07, 6.45) is 0. The fraction of sp³-hybridized carbons (Fsp3) is 0.250. The summed E-state index contributed by atoms with van der Waals surface area (Å²) in [5.41, 5.74) is 2.06. The smallest absolute Gasteiger partial charge is 0.233 e. The zero-order valence-electron chi connectivity index (χ0n) is 17.0. The zero-order valence-corrected chi connectivity index (χ0v) is 19.3. The largest absolute Gasteiger partial charge is 0.349 e. The first kappa shape index (κ1) is 23.1. The second-order valence-corrected chi connectivity index (χ2v) is 8.91. The van der Waals surface area contributed by atoms with Gasteiger partial charge < -0.3 is 10.6 Å². The fourth-order valence-corrected chi connectivity index (χ4v) is 4.19. The number of benzene rings is 2. The van der Waals surface area contributed by atoms with Gasteiger partial charge in [0, 0.05) is 22.7 Å². The maximum atomic E-state index is 12.7. The normalized spacial score (nSPS) is 12.8. The van der Waals surface area contributed by atoms with Crippen molar-refractivity contribution in [1.29, 1.82) is 0 Å². The number of rotatable bonds is 7. The summed E-state index contributed by atoms with van der Waals surface area (Å²) in [6, 6.07) is 12.0. The molecule has 1 heterocycles. The van der Waals surface area contributed by atoms with E-state index in [0.717, 1.165) is 5.56 Å². The van der Waals surface area contributed by atoms with Gasteiger partial charge in [0.1, 0.15) is 0 Å². The van der Waals surface area contributed by atoms with Crippen molar-refractivity contribution in [1.82, 2.24) is 25.5 Å². The second kappa shape index (κ2) is 10.1.